The van der Waals surface area contributed by atoms with Gasteiger partial charge in [-0.1, -0.05) is 12.1 Å². The molecule has 18 heavy (non-hydrogen) atoms. The average Bonchev–Trinajstić information content (AvgIpc) is 2.52. The van der Waals surface area contributed by atoms with Crippen molar-refractivity contribution < 1.29 is 18.3 Å². The third-order valence-electron chi connectivity index (χ3n) is 2.63. The van der Waals surface area contributed by atoms with Crippen LogP contribution in [0.5, 0.6) is 5.75 Å². The Morgan fingerprint density at radius 2 is 1.94 bits per heavy atom. The van der Waals surface area contributed by atoms with Gasteiger partial charge in [0.25, 0.3) is 0 Å². The Hall–Kier alpha value is -1.89. The number of nitrogens with one attached hydrogen (secondary N) is 1. The van der Waals surface area contributed by atoms with Crippen LogP contribution in [0.25, 0.3) is 0 Å². The molecule has 0 aliphatic carbocycles. The van der Waals surface area contributed by atoms with Crippen molar-refractivity contribution in [2.24, 2.45) is 0 Å². The molecule has 0 amide bonds. The minimum atomic E-state index is -3.67. The van der Waals surface area contributed by atoms with Gasteiger partial charge in [0.15, 0.2) is 0 Å². The molecule has 98 valence electrons. The number of benzene rings is 1. The number of ether oxygens (including phenoxy) is 1. The fraction of sp³-hybridized carbons (Fsp3) is 0.273. The van der Waals surface area contributed by atoms with Gasteiger partial charge >= 0.3 is 10.2 Å². The van der Waals surface area contributed by atoms with E-state index in [1.807, 2.05) is 0 Å². The van der Waals surface area contributed by atoms with Crippen LogP contribution in [0.1, 0.15) is 12.5 Å². The van der Waals surface area contributed by atoms with Crippen molar-refractivity contribution in [2.75, 3.05) is 7.11 Å². The third-order valence-corrected chi connectivity index (χ3v) is 4.08. The number of aliphatic hydroxyl groups excluding tert-OH is 1. The van der Waals surface area contributed by atoms with Crippen molar-refractivity contribution in [1.29, 1.82) is 0 Å². The SMILES string of the molecule is COc1ccc(CN2C(O)=C(C)NS2(=O)=O)cc1. The summed E-state index contributed by atoms with van der Waals surface area (Å²) in [4.78, 5) is 0. The van der Waals surface area contributed by atoms with Gasteiger partial charge in [0, 0.05) is 0 Å². The standard InChI is InChI=1S/C11H14N2O4S/c1-8-11(14)13(18(15,16)12-8)7-9-3-5-10(17-2)6-4-9/h3-6,12,14H,7H2,1-2H3. The molecular formula is C11H14N2O4S. The highest BCUT2D eigenvalue weighted by atomic mass is 32.2. The van der Waals surface area contributed by atoms with Crippen molar-refractivity contribution in [2.45, 2.75) is 13.5 Å². The maximum Gasteiger partial charge on any atom is 0.326 e. The molecule has 0 spiro atoms. The fourth-order valence-electron chi connectivity index (χ4n) is 1.65. The van der Waals surface area contributed by atoms with E-state index in [4.69, 9.17) is 4.74 Å². The van der Waals surface area contributed by atoms with Gasteiger partial charge in [-0.25, -0.2) is 4.31 Å². The van der Waals surface area contributed by atoms with E-state index in [9.17, 15) is 13.5 Å². The summed E-state index contributed by atoms with van der Waals surface area (Å²) in [5.41, 5.74) is 0.978. The van der Waals surface area contributed by atoms with Gasteiger partial charge < -0.3 is 9.84 Å². The number of rotatable bonds is 3. The Morgan fingerprint density at radius 3 is 2.39 bits per heavy atom. The molecule has 0 radical (unpaired) electrons. The Bertz CT molecular complexity index is 578. The summed E-state index contributed by atoms with van der Waals surface area (Å²) in [5, 5.41) is 9.69. The van der Waals surface area contributed by atoms with E-state index >= 15 is 0 Å². The molecule has 1 aliphatic rings. The monoisotopic (exact) mass is 270 g/mol. The van der Waals surface area contributed by atoms with Gasteiger partial charge in [-0.3, -0.25) is 4.72 Å². The van der Waals surface area contributed by atoms with Gasteiger partial charge in [0.2, 0.25) is 5.88 Å². The van der Waals surface area contributed by atoms with Crippen molar-refractivity contribution in [3.63, 3.8) is 0 Å². The van der Waals surface area contributed by atoms with E-state index in [-0.39, 0.29) is 18.1 Å². The van der Waals surface area contributed by atoms with Crippen LogP contribution in [0, 0.1) is 0 Å². The van der Waals surface area contributed by atoms with Crippen LogP contribution in [0.3, 0.4) is 0 Å². The normalized spacial score (nSPS) is 17.8. The zero-order chi connectivity index (χ0) is 13.3. The van der Waals surface area contributed by atoms with E-state index in [1.165, 1.54) is 6.92 Å². The molecule has 1 aromatic rings. The number of hydrogen-bond donors (Lipinski definition) is 2. The van der Waals surface area contributed by atoms with Crippen molar-refractivity contribution in [3.8, 4) is 5.75 Å². The van der Waals surface area contributed by atoms with Crippen molar-refractivity contribution in [3.05, 3.63) is 41.4 Å². The Labute approximate surface area is 106 Å². The van der Waals surface area contributed by atoms with Crippen LogP contribution in [0.15, 0.2) is 35.8 Å². The number of methoxy groups -OCH3 is 1. The molecule has 0 atom stereocenters. The lowest BCUT2D eigenvalue weighted by Gasteiger charge is -2.16. The summed E-state index contributed by atoms with van der Waals surface area (Å²) in [6.07, 6.45) is 0. The van der Waals surface area contributed by atoms with Crippen LogP contribution < -0.4 is 9.46 Å². The molecule has 2 rings (SSSR count). The minimum Gasteiger partial charge on any atom is -0.497 e. The van der Waals surface area contributed by atoms with Gasteiger partial charge in [0.1, 0.15) is 5.75 Å². The van der Waals surface area contributed by atoms with Crippen molar-refractivity contribution in [1.82, 2.24) is 9.03 Å². The molecule has 1 aromatic carbocycles. The van der Waals surface area contributed by atoms with Crippen LogP contribution in [0.4, 0.5) is 0 Å². The van der Waals surface area contributed by atoms with E-state index in [1.54, 1.807) is 31.4 Å². The highest BCUT2D eigenvalue weighted by molar-refractivity contribution is 7.87. The summed E-state index contributed by atoms with van der Waals surface area (Å²) in [6, 6.07) is 6.96. The molecule has 0 unspecified atom stereocenters. The first-order valence-corrected chi connectivity index (χ1v) is 6.71. The second-order valence-electron chi connectivity index (χ2n) is 3.91. The lowest BCUT2D eigenvalue weighted by Crippen LogP contribution is -2.30. The number of nitrogens with zero attached hydrogens (tertiary/aromatic N) is 1. The summed E-state index contributed by atoms with van der Waals surface area (Å²) in [7, 11) is -2.11. The minimum absolute atomic E-state index is 0.0719. The van der Waals surface area contributed by atoms with Crippen LogP contribution in [0.2, 0.25) is 0 Å². The van der Waals surface area contributed by atoms with Gasteiger partial charge in [-0.2, -0.15) is 8.42 Å². The zero-order valence-electron chi connectivity index (χ0n) is 10.0. The van der Waals surface area contributed by atoms with Gasteiger partial charge in [-0.15, -0.1) is 0 Å². The molecule has 0 saturated heterocycles. The summed E-state index contributed by atoms with van der Waals surface area (Å²) in [5.74, 6) is 0.419. The number of hydrogen-bond acceptors (Lipinski definition) is 4. The van der Waals surface area contributed by atoms with E-state index < -0.39 is 10.2 Å². The summed E-state index contributed by atoms with van der Waals surface area (Å²) in [6.45, 7) is 1.57. The molecule has 1 aliphatic heterocycles. The molecule has 0 saturated carbocycles. The molecular weight excluding hydrogens is 256 g/mol. The Morgan fingerprint density at radius 1 is 1.33 bits per heavy atom. The number of allylic oxidation sites excluding steroid dienone is 1. The molecule has 0 fully saturated rings. The zero-order valence-corrected chi connectivity index (χ0v) is 10.9. The molecule has 1 heterocycles. The molecule has 6 nitrogen and oxygen atoms in total. The lowest BCUT2D eigenvalue weighted by molar-refractivity contribution is 0.280. The second kappa shape index (κ2) is 4.41. The van der Waals surface area contributed by atoms with Crippen molar-refractivity contribution >= 4 is 10.2 Å². The van der Waals surface area contributed by atoms with Crippen LogP contribution in [-0.2, 0) is 16.8 Å². The molecule has 7 heteroatoms. The van der Waals surface area contributed by atoms with Gasteiger partial charge in [0.05, 0.1) is 19.4 Å². The average molecular weight is 270 g/mol. The fourth-order valence-corrected chi connectivity index (χ4v) is 2.92. The maximum atomic E-state index is 11.7. The predicted octanol–water partition coefficient (Wildman–Crippen LogP) is 1.09. The highest BCUT2D eigenvalue weighted by Crippen LogP contribution is 2.22. The van der Waals surface area contributed by atoms with Crippen LogP contribution >= 0.6 is 0 Å². The number of aliphatic hydroxyl groups is 1. The second-order valence-corrected chi connectivity index (χ2v) is 5.51. The molecule has 0 aromatic heterocycles. The predicted molar refractivity (Wildman–Crippen MR) is 65.9 cm³/mol. The topological polar surface area (TPSA) is 78.9 Å². The molecule has 2 N–H and O–H groups in total. The van der Waals surface area contributed by atoms with E-state index in [0.717, 1.165) is 9.87 Å². The van der Waals surface area contributed by atoms with E-state index in [2.05, 4.69) is 4.72 Å². The Balaban J connectivity index is 2.23. The first-order chi connectivity index (χ1) is 8.44. The summed E-state index contributed by atoms with van der Waals surface area (Å²) < 4.78 is 31.6. The Kier molecular flexibility index (Phi) is 3.08. The lowest BCUT2D eigenvalue weighted by atomic mass is 10.2. The smallest absolute Gasteiger partial charge is 0.326 e. The van der Waals surface area contributed by atoms with Crippen LogP contribution in [-0.4, -0.2) is 24.9 Å². The van der Waals surface area contributed by atoms with Gasteiger partial charge in [-0.05, 0) is 24.6 Å². The maximum absolute atomic E-state index is 11.7. The first-order valence-electron chi connectivity index (χ1n) is 5.27. The van der Waals surface area contributed by atoms with E-state index in [0.29, 0.717) is 5.75 Å². The highest BCUT2D eigenvalue weighted by Gasteiger charge is 2.33. The quantitative estimate of drug-likeness (QED) is 0.861. The first kappa shape index (κ1) is 12.6. The molecule has 0 bridgehead atoms. The third kappa shape index (κ3) is 2.21. The summed E-state index contributed by atoms with van der Waals surface area (Å²) >= 11 is 0. The largest absolute Gasteiger partial charge is 0.497 e.